The van der Waals surface area contributed by atoms with Gasteiger partial charge in [-0.25, -0.2) is 14.2 Å². The zero-order valence-corrected chi connectivity index (χ0v) is 19.1. The first-order chi connectivity index (χ1) is 17.3. The van der Waals surface area contributed by atoms with Crippen molar-refractivity contribution in [3.8, 4) is 11.5 Å². The molecule has 0 radical (unpaired) electrons. The number of urea groups is 1. The Morgan fingerprint density at radius 2 is 1.69 bits per heavy atom. The van der Waals surface area contributed by atoms with Gasteiger partial charge in [0.05, 0.1) is 11.1 Å². The van der Waals surface area contributed by atoms with E-state index in [9.17, 15) is 22.4 Å². The zero-order chi connectivity index (χ0) is 25.3. The molecule has 0 spiro atoms. The van der Waals surface area contributed by atoms with Gasteiger partial charge in [0.15, 0.2) is 5.75 Å². The van der Waals surface area contributed by atoms with Crippen LogP contribution in [-0.4, -0.2) is 47.8 Å². The van der Waals surface area contributed by atoms with Crippen LogP contribution in [-0.2, 0) is 6.18 Å². The first kappa shape index (κ1) is 23.7. The quantitative estimate of drug-likeness (QED) is 0.403. The molecule has 0 aromatic heterocycles. The van der Waals surface area contributed by atoms with Crippen molar-refractivity contribution in [1.82, 2.24) is 9.80 Å². The number of benzene rings is 3. The van der Waals surface area contributed by atoms with Gasteiger partial charge in [-0.15, -0.1) is 0 Å². The smallest absolute Gasteiger partial charge is 0.416 e. The van der Waals surface area contributed by atoms with Crippen LogP contribution in [0.5, 0.6) is 11.5 Å². The number of hydrogen-bond donors (Lipinski definition) is 1. The van der Waals surface area contributed by atoms with Crippen molar-refractivity contribution in [3.63, 3.8) is 0 Å². The number of hydrogen-bond acceptors (Lipinski definition) is 4. The van der Waals surface area contributed by atoms with Gasteiger partial charge in [0.2, 0.25) is 0 Å². The molecule has 0 aliphatic carbocycles. The molecule has 3 aromatic carbocycles. The molecule has 0 unspecified atom stereocenters. The number of anilines is 1. The first-order valence-corrected chi connectivity index (χ1v) is 11.4. The number of nitrogens with zero attached hydrogens (tertiary/aromatic N) is 3. The Balaban J connectivity index is 1.39. The van der Waals surface area contributed by atoms with Crippen LogP contribution in [0.1, 0.15) is 17.5 Å². The lowest BCUT2D eigenvalue weighted by molar-refractivity contribution is -0.137. The topological polar surface area (TPSA) is 57.2 Å². The summed E-state index contributed by atoms with van der Waals surface area (Å²) in [6.45, 7) is 1.94. The molecule has 1 N–H and O–H groups in total. The molecule has 186 valence electrons. The van der Waals surface area contributed by atoms with Crippen LogP contribution in [0.25, 0.3) is 0 Å². The molecule has 36 heavy (non-hydrogen) atoms. The first-order valence-electron chi connectivity index (χ1n) is 11.4. The Morgan fingerprint density at radius 1 is 0.917 bits per heavy atom. The van der Waals surface area contributed by atoms with Crippen LogP contribution in [0.15, 0.2) is 71.7 Å². The van der Waals surface area contributed by atoms with Gasteiger partial charge < -0.3 is 19.9 Å². The number of ether oxygens (including phenoxy) is 1. The van der Waals surface area contributed by atoms with Gasteiger partial charge in [-0.1, -0.05) is 12.1 Å². The van der Waals surface area contributed by atoms with E-state index in [2.05, 4.69) is 5.32 Å². The highest BCUT2D eigenvalue weighted by Gasteiger charge is 2.32. The molecule has 3 aromatic rings. The third kappa shape index (κ3) is 4.98. The molecule has 10 heteroatoms. The second-order valence-corrected chi connectivity index (χ2v) is 8.48. The largest absolute Gasteiger partial charge is 0.454 e. The Hall–Kier alpha value is -4.08. The molecular weight excluding hydrogens is 476 g/mol. The van der Waals surface area contributed by atoms with Crippen molar-refractivity contribution in [2.75, 3.05) is 31.5 Å². The van der Waals surface area contributed by atoms with Gasteiger partial charge in [-0.2, -0.15) is 13.2 Å². The van der Waals surface area contributed by atoms with E-state index in [1.54, 1.807) is 17.0 Å². The minimum atomic E-state index is -4.50. The predicted molar refractivity (Wildman–Crippen MR) is 127 cm³/mol. The van der Waals surface area contributed by atoms with E-state index in [-0.39, 0.29) is 17.6 Å². The highest BCUT2D eigenvalue weighted by Crippen LogP contribution is 2.41. The lowest BCUT2D eigenvalue weighted by atomic mass is 10.1. The van der Waals surface area contributed by atoms with E-state index in [0.29, 0.717) is 61.1 Å². The summed E-state index contributed by atoms with van der Waals surface area (Å²) in [4.78, 5) is 21.2. The maximum atomic E-state index is 13.3. The third-order valence-electron chi connectivity index (χ3n) is 6.04. The number of alkyl halides is 3. The molecule has 0 saturated carbocycles. The highest BCUT2D eigenvalue weighted by atomic mass is 19.4. The number of carbonyl (C=O) groups is 1. The summed E-state index contributed by atoms with van der Waals surface area (Å²) in [7, 11) is 0. The molecule has 2 aliphatic rings. The minimum absolute atomic E-state index is 0.0300. The fourth-order valence-corrected chi connectivity index (χ4v) is 4.21. The number of fused-ring (bicyclic) bond motifs is 2. The molecule has 2 aliphatic heterocycles. The number of halogens is 4. The van der Waals surface area contributed by atoms with E-state index < -0.39 is 11.7 Å². The average Bonchev–Trinajstić information content (AvgIpc) is 3.19. The molecule has 0 atom stereocenters. The van der Waals surface area contributed by atoms with Gasteiger partial charge in [-0.3, -0.25) is 0 Å². The predicted octanol–water partition coefficient (Wildman–Crippen LogP) is 6.27. The number of carbonyl (C=O) groups excluding carboxylic acids is 1. The van der Waals surface area contributed by atoms with Crippen molar-refractivity contribution in [2.24, 2.45) is 4.99 Å². The SMILES string of the molecule is O=C(Nc1ccc(F)cc1)N1CCCN(C2=Nc3ccc(C(F)(F)F)cc3Oc3ccccc32)CC1. The summed E-state index contributed by atoms with van der Waals surface area (Å²) in [5.41, 5.74) is 0.641. The number of rotatable bonds is 1. The second kappa shape index (κ2) is 9.52. The van der Waals surface area contributed by atoms with Crippen LogP contribution < -0.4 is 10.1 Å². The average molecular weight is 498 g/mol. The van der Waals surface area contributed by atoms with Crippen LogP contribution >= 0.6 is 0 Å². The standard InChI is InChI=1S/C26H22F4N4O2/c27-18-7-9-19(10-8-18)31-25(35)34-13-3-12-33(14-15-34)24-20-4-1-2-5-22(20)36-23-16-17(26(28,29)30)6-11-21(23)32-24/h1-2,4-11,16H,3,12-15H2,(H,31,35). The normalized spacial score (nSPS) is 15.6. The third-order valence-corrected chi connectivity index (χ3v) is 6.04. The molecule has 5 rings (SSSR count). The molecule has 0 bridgehead atoms. The van der Waals surface area contributed by atoms with Crippen LogP contribution in [0, 0.1) is 5.82 Å². The van der Waals surface area contributed by atoms with Crippen molar-refractivity contribution < 1.29 is 27.1 Å². The zero-order valence-electron chi connectivity index (χ0n) is 19.1. The summed E-state index contributed by atoms with van der Waals surface area (Å²) in [6.07, 6.45) is -3.85. The Labute approximate surface area is 204 Å². The van der Waals surface area contributed by atoms with Crippen molar-refractivity contribution >= 4 is 23.2 Å². The monoisotopic (exact) mass is 498 g/mol. The Bertz CT molecular complexity index is 1310. The van der Waals surface area contributed by atoms with Crippen molar-refractivity contribution in [1.29, 1.82) is 0 Å². The van der Waals surface area contributed by atoms with E-state index in [1.807, 2.05) is 17.0 Å². The van der Waals surface area contributed by atoms with Gasteiger partial charge in [0.1, 0.15) is 23.1 Å². The number of amides is 2. The molecule has 6 nitrogen and oxygen atoms in total. The van der Waals surface area contributed by atoms with Gasteiger partial charge >= 0.3 is 12.2 Å². The van der Waals surface area contributed by atoms with E-state index in [1.165, 1.54) is 30.3 Å². The Morgan fingerprint density at radius 3 is 2.47 bits per heavy atom. The minimum Gasteiger partial charge on any atom is -0.454 e. The maximum absolute atomic E-state index is 13.3. The van der Waals surface area contributed by atoms with Gasteiger partial charge in [0, 0.05) is 31.9 Å². The van der Waals surface area contributed by atoms with Crippen molar-refractivity contribution in [2.45, 2.75) is 12.6 Å². The molecule has 2 heterocycles. The molecular formula is C26H22F4N4O2. The number of nitrogens with one attached hydrogen (secondary N) is 1. The fraction of sp³-hybridized carbons (Fsp3) is 0.231. The molecule has 1 saturated heterocycles. The second-order valence-electron chi connectivity index (χ2n) is 8.48. The van der Waals surface area contributed by atoms with Crippen LogP contribution in [0.2, 0.25) is 0 Å². The van der Waals surface area contributed by atoms with E-state index in [0.717, 1.165) is 12.1 Å². The Kier molecular flexibility index (Phi) is 6.26. The highest BCUT2D eigenvalue weighted by molar-refractivity contribution is 6.03. The molecule has 2 amide bonds. The fourth-order valence-electron chi connectivity index (χ4n) is 4.21. The van der Waals surface area contributed by atoms with Gasteiger partial charge in [-0.05, 0) is 61.0 Å². The van der Waals surface area contributed by atoms with E-state index in [4.69, 9.17) is 9.73 Å². The van der Waals surface area contributed by atoms with Crippen LogP contribution in [0.4, 0.5) is 33.7 Å². The summed E-state index contributed by atoms with van der Waals surface area (Å²) >= 11 is 0. The lowest BCUT2D eigenvalue weighted by Crippen LogP contribution is -2.39. The van der Waals surface area contributed by atoms with Gasteiger partial charge in [0.25, 0.3) is 0 Å². The van der Waals surface area contributed by atoms with Crippen molar-refractivity contribution in [3.05, 3.63) is 83.7 Å². The summed E-state index contributed by atoms with van der Waals surface area (Å²) < 4.78 is 58.8. The number of aliphatic imine (C=N–C) groups is 1. The molecule has 1 fully saturated rings. The van der Waals surface area contributed by atoms with Crippen LogP contribution in [0.3, 0.4) is 0 Å². The number of amidine groups is 1. The summed E-state index contributed by atoms with van der Waals surface area (Å²) in [5, 5.41) is 2.78. The van der Waals surface area contributed by atoms with E-state index >= 15 is 0 Å². The maximum Gasteiger partial charge on any atom is 0.416 e. The summed E-state index contributed by atoms with van der Waals surface area (Å²) in [5.74, 6) is 0.625. The summed E-state index contributed by atoms with van der Waals surface area (Å²) in [6, 6.07) is 15.6. The number of para-hydroxylation sites is 1. The lowest BCUT2D eigenvalue weighted by Gasteiger charge is -2.25.